The molecule has 0 saturated carbocycles. The zero-order chi connectivity index (χ0) is 20.0. The van der Waals surface area contributed by atoms with Gasteiger partial charge in [-0.15, -0.1) is 0 Å². The number of nitrogen functional groups attached to an aromatic ring is 1. The number of halogens is 1. The van der Waals surface area contributed by atoms with Crippen LogP contribution in [0.15, 0.2) is 48.5 Å². The van der Waals surface area contributed by atoms with E-state index in [1.807, 2.05) is 25.1 Å². The van der Waals surface area contributed by atoms with Crippen LogP contribution in [0, 0.1) is 18.3 Å². The number of nitrogens with zero attached hydrogens (tertiary/aromatic N) is 3. The summed E-state index contributed by atoms with van der Waals surface area (Å²) in [6.07, 6.45) is 1.25. The van der Waals surface area contributed by atoms with Gasteiger partial charge in [0.1, 0.15) is 17.5 Å². The quantitative estimate of drug-likeness (QED) is 0.652. The number of carbonyl (C=O) groups is 1. The van der Waals surface area contributed by atoms with Gasteiger partial charge in [0.15, 0.2) is 5.69 Å². The number of ketones is 1. The smallest absolute Gasteiger partial charge is 0.214 e. The van der Waals surface area contributed by atoms with Crippen LogP contribution in [0.5, 0.6) is 0 Å². The number of aryl methyl sites for hydroxylation is 1. The third-order valence-corrected chi connectivity index (χ3v) is 3.88. The van der Waals surface area contributed by atoms with Gasteiger partial charge in [-0.1, -0.05) is 61.7 Å². The van der Waals surface area contributed by atoms with E-state index in [-0.39, 0.29) is 22.9 Å². The lowest BCUT2D eigenvalue weighted by molar-refractivity contribution is 0.103. The lowest BCUT2D eigenvalue weighted by Gasteiger charge is -2.03. The number of rotatable bonds is 3. The number of aromatic nitrogens is 2. The molecule has 0 atom stereocenters. The molecule has 5 nitrogen and oxygen atoms in total. The van der Waals surface area contributed by atoms with Gasteiger partial charge in [0, 0.05) is 10.6 Å². The Morgan fingerprint density at radius 1 is 1.15 bits per heavy atom. The van der Waals surface area contributed by atoms with Gasteiger partial charge >= 0.3 is 0 Å². The minimum Gasteiger partial charge on any atom is -0.382 e. The fraction of sp³-hybridized carbons (Fsp3) is 0.190. The van der Waals surface area contributed by atoms with Crippen LogP contribution >= 0.6 is 11.6 Å². The van der Waals surface area contributed by atoms with Crippen molar-refractivity contribution in [3.05, 3.63) is 75.9 Å². The van der Waals surface area contributed by atoms with Crippen LogP contribution in [-0.4, -0.2) is 15.6 Å². The summed E-state index contributed by atoms with van der Waals surface area (Å²) in [5.74, 6) is -0.221. The van der Waals surface area contributed by atoms with Gasteiger partial charge < -0.3 is 5.73 Å². The zero-order valence-electron chi connectivity index (χ0n) is 15.5. The van der Waals surface area contributed by atoms with Crippen LogP contribution in [0.25, 0.3) is 5.69 Å². The van der Waals surface area contributed by atoms with Crippen LogP contribution in [0.2, 0.25) is 5.02 Å². The number of hydrogen-bond donors (Lipinski definition) is 1. The Labute approximate surface area is 164 Å². The molecular formula is C21H21ClN4O. The Balaban J connectivity index is 0.000000817. The number of nitriles is 1. The van der Waals surface area contributed by atoms with Gasteiger partial charge in [-0.3, -0.25) is 4.79 Å². The van der Waals surface area contributed by atoms with E-state index in [2.05, 4.69) is 18.9 Å². The van der Waals surface area contributed by atoms with Crippen molar-refractivity contribution in [3.8, 4) is 11.8 Å². The van der Waals surface area contributed by atoms with Gasteiger partial charge in [-0.05, 0) is 31.2 Å². The van der Waals surface area contributed by atoms with Crippen molar-refractivity contribution < 1.29 is 4.79 Å². The summed E-state index contributed by atoms with van der Waals surface area (Å²) >= 11 is 5.88. The first kappa shape index (κ1) is 20.2. The van der Waals surface area contributed by atoms with Gasteiger partial charge in [0.25, 0.3) is 0 Å². The van der Waals surface area contributed by atoms with Crippen molar-refractivity contribution in [2.45, 2.75) is 27.2 Å². The SMILES string of the molecule is CCC.Cc1ccc(C(=O)c2nn(-c3ccc(Cl)cc3)c(N)c2C#N)cc1. The summed E-state index contributed by atoms with van der Waals surface area (Å²) in [7, 11) is 0. The second-order valence-corrected chi connectivity index (χ2v) is 6.45. The highest BCUT2D eigenvalue weighted by molar-refractivity contribution is 6.30. The van der Waals surface area contributed by atoms with E-state index in [9.17, 15) is 10.1 Å². The van der Waals surface area contributed by atoms with Crippen molar-refractivity contribution in [2.24, 2.45) is 0 Å². The van der Waals surface area contributed by atoms with E-state index in [1.54, 1.807) is 36.4 Å². The molecule has 0 aliphatic heterocycles. The summed E-state index contributed by atoms with van der Waals surface area (Å²) in [4.78, 5) is 12.7. The maximum absolute atomic E-state index is 12.7. The molecule has 0 bridgehead atoms. The topological polar surface area (TPSA) is 84.7 Å². The standard InChI is InChI=1S/C18H13ClN4O.C3H8/c1-11-2-4-12(5-3-11)17(24)16-15(10-20)18(21)23(22-16)14-8-6-13(19)7-9-14;1-3-2/h2-9H,21H2,1H3;3H2,1-2H3. The molecule has 3 rings (SSSR count). The lowest BCUT2D eigenvalue weighted by Crippen LogP contribution is -2.05. The molecule has 6 heteroatoms. The molecule has 0 fully saturated rings. The number of carbonyl (C=O) groups excluding carboxylic acids is 1. The molecule has 2 aromatic carbocycles. The molecule has 27 heavy (non-hydrogen) atoms. The molecular weight excluding hydrogens is 360 g/mol. The molecule has 0 aliphatic rings. The monoisotopic (exact) mass is 380 g/mol. The molecule has 0 radical (unpaired) electrons. The minimum absolute atomic E-state index is 0.0359. The van der Waals surface area contributed by atoms with Crippen LogP contribution in [0.3, 0.4) is 0 Å². The molecule has 0 unspecified atom stereocenters. The zero-order valence-corrected chi connectivity index (χ0v) is 16.3. The average molecular weight is 381 g/mol. The van der Waals surface area contributed by atoms with E-state index < -0.39 is 0 Å². The van der Waals surface area contributed by atoms with Gasteiger partial charge in [0.2, 0.25) is 5.78 Å². The highest BCUT2D eigenvalue weighted by Gasteiger charge is 2.23. The van der Waals surface area contributed by atoms with Crippen LogP contribution in [-0.2, 0) is 0 Å². The predicted octanol–water partition coefficient (Wildman–Crippen LogP) is 4.94. The van der Waals surface area contributed by atoms with Crippen LogP contribution < -0.4 is 5.73 Å². The first-order valence-corrected chi connectivity index (χ1v) is 8.96. The summed E-state index contributed by atoms with van der Waals surface area (Å²) < 4.78 is 1.37. The number of hydrogen-bond acceptors (Lipinski definition) is 4. The third kappa shape index (κ3) is 4.55. The van der Waals surface area contributed by atoms with E-state index in [4.69, 9.17) is 17.3 Å². The largest absolute Gasteiger partial charge is 0.382 e. The highest BCUT2D eigenvalue weighted by Crippen LogP contribution is 2.23. The molecule has 3 aromatic rings. The summed E-state index contributed by atoms with van der Waals surface area (Å²) in [6, 6.07) is 15.8. The highest BCUT2D eigenvalue weighted by atomic mass is 35.5. The Morgan fingerprint density at radius 3 is 2.22 bits per heavy atom. The normalized spacial score (nSPS) is 9.89. The molecule has 0 saturated heterocycles. The summed E-state index contributed by atoms with van der Waals surface area (Å²) in [5.41, 5.74) is 8.24. The second-order valence-electron chi connectivity index (χ2n) is 6.01. The fourth-order valence-corrected chi connectivity index (χ4v) is 2.45. The summed E-state index contributed by atoms with van der Waals surface area (Å²) in [5, 5.41) is 14.2. The Hall–Kier alpha value is -3.10. The fourth-order valence-electron chi connectivity index (χ4n) is 2.32. The van der Waals surface area contributed by atoms with E-state index in [0.717, 1.165) is 5.56 Å². The minimum atomic E-state index is -0.342. The van der Waals surface area contributed by atoms with Crippen LogP contribution in [0.1, 0.15) is 47.4 Å². The molecule has 0 amide bonds. The van der Waals surface area contributed by atoms with Gasteiger partial charge in [0.05, 0.1) is 5.69 Å². The average Bonchev–Trinajstić information content (AvgIpc) is 2.99. The van der Waals surface area contributed by atoms with Gasteiger partial charge in [-0.25, -0.2) is 4.68 Å². The molecule has 0 aliphatic carbocycles. The van der Waals surface area contributed by atoms with Gasteiger partial charge in [-0.2, -0.15) is 10.4 Å². The summed E-state index contributed by atoms with van der Waals surface area (Å²) in [6.45, 7) is 6.18. The molecule has 0 spiro atoms. The maximum atomic E-state index is 12.7. The van der Waals surface area contributed by atoms with Crippen molar-refractivity contribution in [1.29, 1.82) is 5.26 Å². The molecule has 1 aromatic heterocycles. The molecule has 138 valence electrons. The maximum Gasteiger partial charge on any atom is 0.214 e. The number of benzene rings is 2. The second kappa shape index (κ2) is 9.02. The third-order valence-electron chi connectivity index (χ3n) is 3.63. The van der Waals surface area contributed by atoms with Crippen molar-refractivity contribution in [1.82, 2.24) is 9.78 Å². The molecule has 1 heterocycles. The number of nitrogens with two attached hydrogens (primary N) is 1. The Bertz CT molecular complexity index is 967. The predicted molar refractivity (Wildman–Crippen MR) is 108 cm³/mol. The first-order chi connectivity index (χ1) is 12.9. The first-order valence-electron chi connectivity index (χ1n) is 8.58. The number of anilines is 1. The van der Waals surface area contributed by atoms with E-state index in [0.29, 0.717) is 16.3 Å². The van der Waals surface area contributed by atoms with Crippen molar-refractivity contribution >= 4 is 23.2 Å². The Morgan fingerprint density at radius 2 is 1.70 bits per heavy atom. The van der Waals surface area contributed by atoms with E-state index in [1.165, 1.54) is 11.1 Å². The van der Waals surface area contributed by atoms with E-state index >= 15 is 0 Å². The Kier molecular flexibility index (Phi) is 6.75. The van der Waals surface area contributed by atoms with Crippen molar-refractivity contribution in [2.75, 3.05) is 5.73 Å². The lowest BCUT2D eigenvalue weighted by atomic mass is 10.0. The van der Waals surface area contributed by atoms with Crippen LogP contribution in [0.4, 0.5) is 5.82 Å². The van der Waals surface area contributed by atoms with Crippen molar-refractivity contribution in [3.63, 3.8) is 0 Å². The molecule has 2 N–H and O–H groups in total.